The minimum atomic E-state index is -0.336. The molecule has 7 heteroatoms. The van der Waals surface area contributed by atoms with Gasteiger partial charge in [-0.2, -0.15) is 0 Å². The minimum absolute atomic E-state index is 0.0699. The standard InChI is InChI=1S/C23H30N2O3S2/c1-5-28-23(27)21-18-10-12-25(15(2)3)14-19(18)30-22(21)24-20(26)11-13-29-17-8-6-16(4)7-9-17/h6-9,15H,5,10-14H2,1-4H3,(H,24,26). The number of aryl methyl sites for hydroxylation is 1. The van der Waals surface area contributed by atoms with Crippen molar-refractivity contribution in [3.8, 4) is 0 Å². The number of hydrogen-bond donors (Lipinski definition) is 1. The van der Waals surface area contributed by atoms with E-state index in [1.54, 1.807) is 18.7 Å². The van der Waals surface area contributed by atoms with Crippen molar-refractivity contribution in [3.05, 3.63) is 45.8 Å². The molecular weight excluding hydrogens is 416 g/mol. The fourth-order valence-electron chi connectivity index (χ4n) is 3.46. The predicted octanol–water partition coefficient (Wildman–Crippen LogP) is 5.12. The molecule has 0 saturated carbocycles. The molecule has 0 fully saturated rings. The third kappa shape index (κ3) is 5.65. The molecule has 1 aliphatic heterocycles. The third-order valence-electron chi connectivity index (χ3n) is 5.17. The predicted molar refractivity (Wildman–Crippen MR) is 125 cm³/mol. The highest BCUT2D eigenvalue weighted by Gasteiger charge is 2.30. The molecule has 0 bridgehead atoms. The second-order valence-corrected chi connectivity index (χ2v) is 9.98. The molecule has 1 N–H and O–H groups in total. The van der Waals surface area contributed by atoms with Crippen LogP contribution >= 0.6 is 23.1 Å². The van der Waals surface area contributed by atoms with Crippen molar-refractivity contribution in [2.75, 3.05) is 24.2 Å². The number of anilines is 1. The highest BCUT2D eigenvalue weighted by molar-refractivity contribution is 7.99. The maximum atomic E-state index is 12.6. The Morgan fingerprint density at radius 2 is 2.00 bits per heavy atom. The van der Waals surface area contributed by atoms with E-state index in [2.05, 4.69) is 55.3 Å². The highest BCUT2D eigenvalue weighted by atomic mass is 32.2. The van der Waals surface area contributed by atoms with Crippen molar-refractivity contribution < 1.29 is 14.3 Å². The average Bonchev–Trinajstić information content (AvgIpc) is 3.06. The fraction of sp³-hybridized carbons (Fsp3) is 0.478. The van der Waals surface area contributed by atoms with Gasteiger partial charge in [0.1, 0.15) is 5.00 Å². The van der Waals surface area contributed by atoms with Gasteiger partial charge in [-0.05, 0) is 51.8 Å². The summed E-state index contributed by atoms with van der Waals surface area (Å²) in [7, 11) is 0. The molecule has 1 aromatic carbocycles. The van der Waals surface area contributed by atoms with Crippen molar-refractivity contribution in [3.63, 3.8) is 0 Å². The van der Waals surface area contributed by atoms with Gasteiger partial charge >= 0.3 is 5.97 Å². The Balaban J connectivity index is 1.68. The SMILES string of the molecule is CCOC(=O)c1c(NC(=O)CCSc2ccc(C)cc2)sc2c1CCN(C(C)C)C2. The molecule has 1 aliphatic rings. The Hall–Kier alpha value is -1.83. The molecule has 0 saturated heterocycles. The number of rotatable bonds is 8. The number of amides is 1. The number of hydrogen-bond acceptors (Lipinski definition) is 6. The number of thioether (sulfide) groups is 1. The van der Waals surface area contributed by atoms with Crippen LogP contribution in [0.4, 0.5) is 5.00 Å². The van der Waals surface area contributed by atoms with Gasteiger partial charge in [0.25, 0.3) is 0 Å². The lowest BCUT2D eigenvalue weighted by Crippen LogP contribution is -2.35. The second-order valence-electron chi connectivity index (χ2n) is 7.70. The van der Waals surface area contributed by atoms with Crippen LogP contribution in [0.25, 0.3) is 0 Å². The van der Waals surface area contributed by atoms with E-state index in [1.165, 1.54) is 16.9 Å². The number of thiophene rings is 1. The Bertz CT molecular complexity index is 891. The topological polar surface area (TPSA) is 58.6 Å². The van der Waals surface area contributed by atoms with Gasteiger partial charge in [0.2, 0.25) is 5.91 Å². The summed E-state index contributed by atoms with van der Waals surface area (Å²) in [6.07, 6.45) is 1.19. The summed E-state index contributed by atoms with van der Waals surface area (Å²) in [6.45, 7) is 10.3. The molecule has 0 atom stereocenters. The normalized spacial score (nSPS) is 13.9. The molecule has 162 valence electrons. The summed E-state index contributed by atoms with van der Waals surface area (Å²) in [5.41, 5.74) is 2.82. The lowest BCUT2D eigenvalue weighted by Gasteiger charge is -2.30. The maximum Gasteiger partial charge on any atom is 0.341 e. The zero-order valence-corrected chi connectivity index (χ0v) is 19.8. The van der Waals surface area contributed by atoms with E-state index in [9.17, 15) is 9.59 Å². The minimum Gasteiger partial charge on any atom is -0.462 e. The molecular formula is C23H30N2O3S2. The summed E-state index contributed by atoms with van der Waals surface area (Å²) in [5.74, 6) is 0.285. The molecule has 2 aromatic rings. The van der Waals surface area contributed by atoms with Gasteiger partial charge in [-0.15, -0.1) is 23.1 Å². The van der Waals surface area contributed by atoms with Crippen molar-refractivity contribution >= 4 is 40.0 Å². The Morgan fingerprint density at radius 1 is 1.27 bits per heavy atom. The summed E-state index contributed by atoms with van der Waals surface area (Å²) in [4.78, 5) is 29.9. The molecule has 0 aliphatic carbocycles. The van der Waals surface area contributed by atoms with Crippen LogP contribution in [0.1, 0.15) is 53.6 Å². The Morgan fingerprint density at radius 3 is 2.67 bits per heavy atom. The maximum absolute atomic E-state index is 12.6. The summed E-state index contributed by atoms with van der Waals surface area (Å²) in [6, 6.07) is 8.74. The van der Waals surface area contributed by atoms with E-state index in [1.807, 2.05) is 0 Å². The van der Waals surface area contributed by atoms with Crippen molar-refractivity contribution in [1.82, 2.24) is 4.90 Å². The first-order chi connectivity index (χ1) is 14.4. The number of ether oxygens (including phenoxy) is 1. The number of carbonyl (C=O) groups is 2. The van der Waals surface area contributed by atoms with Gasteiger partial charge in [-0.3, -0.25) is 9.69 Å². The lowest BCUT2D eigenvalue weighted by atomic mass is 10.0. The van der Waals surface area contributed by atoms with E-state index in [0.717, 1.165) is 34.8 Å². The molecule has 1 aromatic heterocycles. The van der Waals surface area contributed by atoms with Crippen LogP contribution in [0.2, 0.25) is 0 Å². The van der Waals surface area contributed by atoms with Crippen LogP contribution < -0.4 is 5.32 Å². The fourth-order valence-corrected chi connectivity index (χ4v) is 5.59. The van der Waals surface area contributed by atoms with Gasteiger partial charge in [0, 0.05) is 41.1 Å². The Labute approximate surface area is 187 Å². The summed E-state index contributed by atoms with van der Waals surface area (Å²) >= 11 is 3.18. The van der Waals surface area contributed by atoms with Gasteiger partial charge in [0.15, 0.2) is 0 Å². The quantitative estimate of drug-likeness (QED) is 0.450. The first-order valence-corrected chi connectivity index (χ1v) is 12.2. The first-order valence-electron chi connectivity index (χ1n) is 10.4. The molecule has 0 unspecified atom stereocenters. The van der Waals surface area contributed by atoms with Crippen molar-refractivity contribution in [2.45, 2.75) is 58.0 Å². The molecule has 3 rings (SSSR count). The number of esters is 1. The monoisotopic (exact) mass is 446 g/mol. The molecule has 30 heavy (non-hydrogen) atoms. The zero-order chi connectivity index (χ0) is 21.7. The molecule has 1 amide bonds. The summed E-state index contributed by atoms with van der Waals surface area (Å²) < 4.78 is 5.30. The van der Waals surface area contributed by atoms with Crippen molar-refractivity contribution in [1.29, 1.82) is 0 Å². The van der Waals surface area contributed by atoms with Gasteiger partial charge in [-0.25, -0.2) is 4.79 Å². The average molecular weight is 447 g/mol. The molecule has 5 nitrogen and oxygen atoms in total. The van der Waals surface area contributed by atoms with Crippen LogP contribution in [0.5, 0.6) is 0 Å². The van der Waals surface area contributed by atoms with Crippen LogP contribution in [-0.2, 0) is 22.5 Å². The summed E-state index contributed by atoms with van der Waals surface area (Å²) in [5, 5.41) is 3.63. The third-order valence-corrected chi connectivity index (χ3v) is 7.31. The van der Waals surface area contributed by atoms with Gasteiger partial charge in [0.05, 0.1) is 12.2 Å². The largest absolute Gasteiger partial charge is 0.462 e. The zero-order valence-electron chi connectivity index (χ0n) is 18.1. The molecule has 0 spiro atoms. The van der Waals surface area contributed by atoms with Crippen LogP contribution in [0, 0.1) is 6.92 Å². The van der Waals surface area contributed by atoms with E-state index >= 15 is 0 Å². The first kappa shape index (κ1) is 22.8. The van der Waals surface area contributed by atoms with E-state index in [4.69, 9.17) is 4.74 Å². The molecule has 0 radical (unpaired) electrons. The van der Waals surface area contributed by atoms with Crippen LogP contribution in [0.3, 0.4) is 0 Å². The smallest absolute Gasteiger partial charge is 0.341 e. The van der Waals surface area contributed by atoms with E-state index in [-0.39, 0.29) is 11.9 Å². The lowest BCUT2D eigenvalue weighted by molar-refractivity contribution is -0.115. The van der Waals surface area contributed by atoms with E-state index < -0.39 is 0 Å². The number of benzene rings is 1. The molecule has 2 heterocycles. The number of carbonyl (C=O) groups excluding carboxylic acids is 2. The van der Waals surface area contributed by atoms with Gasteiger partial charge in [-0.1, -0.05) is 17.7 Å². The highest BCUT2D eigenvalue weighted by Crippen LogP contribution is 2.38. The van der Waals surface area contributed by atoms with E-state index in [0.29, 0.717) is 35.4 Å². The number of fused-ring (bicyclic) bond motifs is 1. The van der Waals surface area contributed by atoms with Crippen LogP contribution in [0.15, 0.2) is 29.2 Å². The second kappa shape index (κ2) is 10.5. The Kier molecular flexibility index (Phi) is 7.97. The van der Waals surface area contributed by atoms with Gasteiger partial charge < -0.3 is 10.1 Å². The number of nitrogens with zero attached hydrogens (tertiary/aromatic N) is 1. The van der Waals surface area contributed by atoms with Crippen LogP contribution in [-0.4, -0.2) is 41.7 Å². The number of nitrogens with one attached hydrogen (secondary N) is 1. The van der Waals surface area contributed by atoms with Crippen molar-refractivity contribution in [2.24, 2.45) is 0 Å².